The number of anilines is 1. The highest BCUT2D eigenvalue weighted by Crippen LogP contribution is 2.27. The summed E-state index contributed by atoms with van der Waals surface area (Å²) >= 11 is 1.69. The van der Waals surface area contributed by atoms with Crippen molar-refractivity contribution >= 4 is 28.2 Å². The molecule has 0 atom stereocenters. The molecule has 13 heavy (non-hydrogen) atoms. The van der Waals surface area contributed by atoms with Crippen LogP contribution in [-0.2, 0) is 0 Å². The Morgan fingerprint density at radius 3 is 2.31 bits per heavy atom. The lowest BCUT2D eigenvalue weighted by Crippen LogP contribution is -1.87. The van der Waals surface area contributed by atoms with E-state index in [1.165, 1.54) is 10.8 Å². The average Bonchev–Trinajstić information content (AvgIpc) is 2.17. The molecule has 1 nitrogen and oxygen atoms in total. The Morgan fingerprint density at radius 2 is 1.69 bits per heavy atom. The average molecular weight is 189 g/mol. The highest BCUT2D eigenvalue weighted by atomic mass is 32.2. The molecule has 0 bridgehead atoms. The van der Waals surface area contributed by atoms with E-state index < -0.39 is 0 Å². The predicted molar refractivity (Wildman–Crippen MR) is 60.1 cm³/mol. The molecule has 2 aromatic rings. The minimum atomic E-state index is 0.867. The topological polar surface area (TPSA) is 26.0 Å². The fourth-order valence-electron chi connectivity index (χ4n) is 1.41. The molecule has 0 aromatic heterocycles. The van der Waals surface area contributed by atoms with Gasteiger partial charge in [0.25, 0.3) is 0 Å². The van der Waals surface area contributed by atoms with E-state index in [1.54, 1.807) is 11.8 Å². The minimum Gasteiger partial charge on any atom is -0.398 e. The first-order chi connectivity index (χ1) is 6.31. The Hall–Kier alpha value is -1.15. The Bertz CT molecular complexity index is 437. The number of benzene rings is 2. The third-order valence-corrected chi connectivity index (χ3v) is 2.89. The summed E-state index contributed by atoms with van der Waals surface area (Å²) in [5.74, 6) is 0. The fourth-order valence-corrected chi connectivity index (χ4v) is 1.95. The lowest BCUT2D eigenvalue weighted by atomic mass is 10.1. The van der Waals surface area contributed by atoms with Gasteiger partial charge in [-0.3, -0.25) is 0 Å². The van der Waals surface area contributed by atoms with Crippen molar-refractivity contribution in [2.75, 3.05) is 12.0 Å². The van der Waals surface area contributed by atoms with Gasteiger partial charge in [0.05, 0.1) is 0 Å². The molecule has 0 heterocycles. The van der Waals surface area contributed by atoms with Gasteiger partial charge in [0.2, 0.25) is 0 Å². The molecule has 66 valence electrons. The monoisotopic (exact) mass is 189 g/mol. The molecule has 2 rings (SSSR count). The van der Waals surface area contributed by atoms with E-state index in [0.717, 1.165) is 10.6 Å². The van der Waals surface area contributed by atoms with Crippen molar-refractivity contribution in [3.8, 4) is 0 Å². The van der Waals surface area contributed by atoms with Crippen molar-refractivity contribution in [2.24, 2.45) is 0 Å². The third kappa shape index (κ3) is 1.49. The van der Waals surface area contributed by atoms with E-state index >= 15 is 0 Å². The van der Waals surface area contributed by atoms with Crippen LogP contribution in [0.15, 0.2) is 41.3 Å². The number of hydrogen-bond donors (Lipinski definition) is 1. The Morgan fingerprint density at radius 1 is 1.08 bits per heavy atom. The third-order valence-electron chi connectivity index (χ3n) is 2.10. The molecule has 0 fully saturated rings. The van der Waals surface area contributed by atoms with Gasteiger partial charge in [-0.1, -0.05) is 24.3 Å². The first kappa shape index (κ1) is 8.45. The van der Waals surface area contributed by atoms with Crippen LogP contribution in [-0.4, -0.2) is 6.26 Å². The van der Waals surface area contributed by atoms with Crippen LogP contribution in [0.5, 0.6) is 0 Å². The van der Waals surface area contributed by atoms with E-state index in [-0.39, 0.29) is 0 Å². The zero-order valence-corrected chi connectivity index (χ0v) is 8.27. The molecular formula is C11H11NS. The maximum atomic E-state index is 5.88. The van der Waals surface area contributed by atoms with E-state index in [4.69, 9.17) is 5.73 Å². The van der Waals surface area contributed by atoms with Crippen molar-refractivity contribution in [1.29, 1.82) is 0 Å². The molecule has 2 N–H and O–H groups in total. The maximum Gasteiger partial charge on any atom is 0.0458 e. The zero-order valence-electron chi connectivity index (χ0n) is 7.45. The predicted octanol–water partition coefficient (Wildman–Crippen LogP) is 3.14. The highest BCUT2D eigenvalue weighted by molar-refractivity contribution is 7.98. The molecule has 0 saturated carbocycles. The van der Waals surface area contributed by atoms with Crippen LogP contribution in [0.4, 0.5) is 5.69 Å². The van der Waals surface area contributed by atoms with Gasteiger partial charge < -0.3 is 5.73 Å². The van der Waals surface area contributed by atoms with Crippen LogP contribution >= 0.6 is 11.8 Å². The minimum absolute atomic E-state index is 0.867. The summed E-state index contributed by atoms with van der Waals surface area (Å²) in [7, 11) is 0. The molecule has 0 aliphatic rings. The smallest absolute Gasteiger partial charge is 0.0458 e. The number of nitrogen functional groups attached to an aromatic ring is 1. The number of rotatable bonds is 1. The van der Waals surface area contributed by atoms with Crippen molar-refractivity contribution < 1.29 is 0 Å². The largest absolute Gasteiger partial charge is 0.398 e. The summed E-state index contributed by atoms with van der Waals surface area (Å²) in [6.45, 7) is 0. The van der Waals surface area contributed by atoms with Gasteiger partial charge >= 0.3 is 0 Å². The fraction of sp³-hybridized carbons (Fsp3) is 0.0909. The number of fused-ring (bicyclic) bond motifs is 1. The summed E-state index contributed by atoms with van der Waals surface area (Å²) in [6.07, 6.45) is 2.04. The second-order valence-electron chi connectivity index (χ2n) is 2.94. The second-order valence-corrected chi connectivity index (χ2v) is 3.79. The van der Waals surface area contributed by atoms with Crippen LogP contribution < -0.4 is 5.73 Å². The zero-order chi connectivity index (χ0) is 9.26. The summed E-state index contributed by atoms with van der Waals surface area (Å²) in [5, 5.41) is 2.46. The molecular weight excluding hydrogens is 178 g/mol. The Labute approximate surface area is 81.9 Å². The van der Waals surface area contributed by atoms with E-state index in [1.807, 2.05) is 24.5 Å². The van der Waals surface area contributed by atoms with Crippen molar-refractivity contribution in [2.45, 2.75) is 4.90 Å². The molecule has 0 unspecified atom stereocenters. The molecule has 2 heteroatoms. The van der Waals surface area contributed by atoms with Gasteiger partial charge in [0, 0.05) is 10.6 Å². The van der Waals surface area contributed by atoms with Gasteiger partial charge in [0.15, 0.2) is 0 Å². The van der Waals surface area contributed by atoms with Gasteiger partial charge in [-0.25, -0.2) is 0 Å². The molecule has 0 amide bonds. The summed E-state index contributed by atoms with van der Waals surface area (Å²) < 4.78 is 0. The van der Waals surface area contributed by atoms with Gasteiger partial charge in [-0.15, -0.1) is 11.8 Å². The van der Waals surface area contributed by atoms with Crippen LogP contribution in [0.25, 0.3) is 10.8 Å². The summed E-state index contributed by atoms with van der Waals surface area (Å²) in [6, 6.07) is 12.4. The Kier molecular flexibility index (Phi) is 2.15. The highest BCUT2D eigenvalue weighted by Gasteiger charge is 1.99. The van der Waals surface area contributed by atoms with Gasteiger partial charge in [-0.05, 0) is 29.2 Å². The maximum absolute atomic E-state index is 5.88. The van der Waals surface area contributed by atoms with Gasteiger partial charge in [0.1, 0.15) is 0 Å². The van der Waals surface area contributed by atoms with E-state index in [9.17, 15) is 0 Å². The van der Waals surface area contributed by atoms with Crippen LogP contribution in [0.2, 0.25) is 0 Å². The summed E-state index contributed by atoms with van der Waals surface area (Å²) in [5.41, 5.74) is 6.74. The molecule has 0 aliphatic heterocycles. The SMILES string of the molecule is CSc1cc2ccccc2cc1N. The number of nitrogens with two attached hydrogens (primary N) is 1. The second kappa shape index (κ2) is 3.30. The van der Waals surface area contributed by atoms with Gasteiger partial charge in [-0.2, -0.15) is 0 Å². The normalized spacial score (nSPS) is 10.5. The van der Waals surface area contributed by atoms with Crippen LogP contribution in [0, 0.1) is 0 Å². The standard InChI is InChI=1S/C11H11NS/c1-13-11-7-9-5-3-2-4-8(9)6-10(11)12/h2-7H,12H2,1H3. The lowest BCUT2D eigenvalue weighted by molar-refractivity contribution is 1.51. The molecule has 0 spiro atoms. The van der Waals surface area contributed by atoms with Crippen molar-refractivity contribution in [3.63, 3.8) is 0 Å². The Balaban J connectivity index is 2.74. The van der Waals surface area contributed by atoms with E-state index in [2.05, 4.69) is 18.2 Å². The summed E-state index contributed by atoms with van der Waals surface area (Å²) in [4.78, 5) is 1.15. The first-order valence-corrected chi connectivity index (χ1v) is 5.36. The molecule has 0 saturated heterocycles. The number of thioether (sulfide) groups is 1. The molecule has 0 aliphatic carbocycles. The van der Waals surface area contributed by atoms with Crippen LogP contribution in [0.1, 0.15) is 0 Å². The van der Waals surface area contributed by atoms with Crippen molar-refractivity contribution in [1.82, 2.24) is 0 Å². The van der Waals surface area contributed by atoms with Crippen LogP contribution in [0.3, 0.4) is 0 Å². The van der Waals surface area contributed by atoms with Crippen molar-refractivity contribution in [3.05, 3.63) is 36.4 Å². The number of hydrogen-bond acceptors (Lipinski definition) is 2. The first-order valence-electron chi connectivity index (χ1n) is 4.13. The van der Waals surface area contributed by atoms with E-state index in [0.29, 0.717) is 0 Å². The quantitative estimate of drug-likeness (QED) is 0.551. The lowest BCUT2D eigenvalue weighted by Gasteiger charge is -2.04. The molecule has 0 radical (unpaired) electrons. The molecule has 2 aromatic carbocycles.